The molecule has 0 radical (unpaired) electrons. The highest BCUT2D eigenvalue weighted by atomic mass is 35.5. The van der Waals surface area contributed by atoms with Gasteiger partial charge in [0.1, 0.15) is 5.00 Å². The summed E-state index contributed by atoms with van der Waals surface area (Å²) in [6, 6.07) is 6.07. The number of benzene rings is 1. The molecule has 0 saturated heterocycles. The Morgan fingerprint density at radius 2 is 1.60 bits per heavy atom. The van der Waals surface area contributed by atoms with Gasteiger partial charge in [0.2, 0.25) is 20.0 Å². The molecular formula is C24H33ClN2O5S3. The summed E-state index contributed by atoms with van der Waals surface area (Å²) in [5.74, 6) is -0.979. The van der Waals surface area contributed by atoms with E-state index in [0.717, 1.165) is 40.4 Å². The number of fused-ring (bicyclic) bond motifs is 1. The average molecular weight is 561 g/mol. The minimum atomic E-state index is -4.02. The van der Waals surface area contributed by atoms with Crippen LogP contribution in [0.2, 0.25) is 5.02 Å². The number of amides is 1. The summed E-state index contributed by atoms with van der Waals surface area (Å²) in [6.45, 7) is 3.79. The smallest absolute Gasteiger partial charge is 0.274 e. The Hall–Kier alpha value is -1.62. The maximum atomic E-state index is 14.1. The van der Waals surface area contributed by atoms with Crippen molar-refractivity contribution in [3.05, 3.63) is 45.3 Å². The second-order valence-electron chi connectivity index (χ2n) is 8.76. The number of carbonyl (C=O) groups is 1. The number of nitrogens with one attached hydrogen (secondary N) is 1. The Morgan fingerprint density at radius 1 is 0.971 bits per heavy atom. The van der Waals surface area contributed by atoms with E-state index in [-0.39, 0.29) is 27.8 Å². The van der Waals surface area contributed by atoms with Gasteiger partial charge >= 0.3 is 0 Å². The fourth-order valence-corrected chi connectivity index (χ4v) is 8.65. The molecule has 35 heavy (non-hydrogen) atoms. The van der Waals surface area contributed by atoms with E-state index in [1.165, 1.54) is 35.6 Å². The predicted molar refractivity (Wildman–Crippen MR) is 145 cm³/mol. The van der Waals surface area contributed by atoms with Crippen molar-refractivity contribution in [2.75, 3.05) is 20.5 Å². The number of anilines is 2. The molecule has 11 heteroatoms. The molecule has 0 spiro atoms. The van der Waals surface area contributed by atoms with Gasteiger partial charge in [-0.25, -0.2) is 21.1 Å². The van der Waals surface area contributed by atoms with Crippen LogP contribution in [0.4, 0.5) is 10.7 Å². The zero-order valence-corrected chi connectivity index (χ0v) is 23.4. The molecule has 1 aliphatic carbocycles. The number of hydrogen-bond acceptors (Lipinski definition) is 6. The van der Waals surface area contributed by atoms with E-state index in [4.69, 9.17) is 11.6 Å². The number of nitrogens with zero attached hydrogens (tertiary/aromatic N) is 1. The van der Waals surface area contributed by atoms with Crippen molar-refractivity contribution >= 4 is 59.6 Å². The van der Waals surface area contributed by atoms with Gasteiger partial charge in [-0.1, -0.05) is 44.7 Å². The highest BCUT2D eigenvalue weighted by Crippen LogP contribution is 2.40. The number of rotatable bonds is 11. The summed E-state index contributed by atoms with van der Waals surface area (Å²) in [5.41, 5.74) is 1.10. The van der Waals surface area contributed by atoms with E-state index in [2.05, 4.69) is 4.72 Å². The molecule has 194 valence electrons. The molecular weight excluding hydrogens is 528 g/mol. The van der Waals surface area contributed by atoms with Crippen molar-refractivity contribution in [2.45, 2.75) is 71.6 Å². The van der Waals surface area contributed by atoms with Crippen molar-refractivity contribution in [3.63, 3.8) is 0 Å². The Morgan fingerprint density at radius 3 is 2.26 bits per heavy atom. The number of thiophene rings is 1. The van der Waals surface area contributed by atoms with Gasteiger partial charge in [0.25, 0.3) is 5.91 Å². The molecule has 1 aromatic carbocycles. The molecule has 1 N–H and O–H groups in total. The van der Waals surface area contributed by atoms with Gasteiger partial charge in [0.05, 0.1) is 22.8 Å². The molecule has 0 atom stereocenters. The highest BCUT2D eigenvalue weighted by Gasteiger charge is 2.35. The summed E-state index contributed by atoms with van der Waals surface area (Å²) in [5, 5.41) is 0.628. The molecule has 0 aliphatic heterocycles. The number of halogens is 1. The second-order valence-corrected chi connectivity index (χ2v) is 14.1. The summed E-state index contributed by atoms with van der Waals surface area (Å²) in [6.07, 6.45) is 6.40. The first-order valence-electron chi connectivity index (χ1n) is 12.1. The quantitative estimate of drug-likeness (QED) is 0.340. The van der Waals surface area contributed by atoms with Crippen LogP contribution in [-0.4, -0.2) is 34.2 Å². The lowest BCUT2D eigenvalue weighted by Gasteiger charge is -2.24. The third-order valence-corrected chi connectivity index (χ3v) is 10.6. The van der Waals surface area contributed by atoms with E-state index in [0.29, 0.717) is 37.1 Å². The average Bonchev–Trinajstić information content (AvgIpc) is 2.96. The Bertz CT molecular complexity index is 1240. The third kappa shape index (κ3) is 6.99. The molecule has 3 rings (SSSR count). The van der Waals surface area contributed by atoms with Gasteiger partial charge in [0.15, 0.2) is 0 Å². The minimum Gasteiger partial charge on any atom is -0.274 e. The van der Waals surface area contributed by atoms with Crippen molar-refractivity contribution in [1.82, 2.24) is 0 Å². The number of hydrogen-bond donors (Lipinski definition) is 1. The number of aryl methyl sites for hydroxylation is 1. The van der Waals surface area contributed by atoms with Gasteiger partial charge in [-0.15, -0.1) is 11.3 Å². The lowest BCUT2D eigenvalue weighted by atomic mass is 10.0. The molecule has 1 aliphatic rings. The topological polar surface area (TPSA) is 101 Å². The number of carbonyl (C=O) groups excluding carboxylic acids is 1. The van der Waals surface area contributed by atoms with Crippen LogP contribution in [0.25, 0.3) is 0 Å². The van der Waals surface area contributed by atoms with E-state index in [9.17, 15) is 21.6 Å². The SMILES string of the molecule is CCCCS(=O)(=O)Nc1sc2c(c1C(=O)N(c1ccc(Cl)cc1)S(=O)(=O)CCCC)CCCCC2. The van der Waals surface area contributed by atoms with Crippen molar-refractivity contribution in [3.8, 4) is 0 Å². The maximum absolute atomic E-state index is 14.1. The van der Waals surface area contributed by atoms with Gasteiger partial charge < -0.3 is 0 Å². The third-order valence-electron chi connectivity index (χ3n) is 5.93. The summed E-state index contributed by atoms with van der Waals surface area (Å²) >= 11 is 7.27. The zero-order valence-electron chi connectivity index (χ0n) is 20.2. The summed E-state index contributed by atoms with van der Waals surface area (Å²) < 4.78 is 55.8. The Balaban J connectivity index is 2.15. The first kappa shape index (κ1) is 28.0. The minimum absolute atomic E-state index is 0.0601. The lowest BCUT2D eigenvalue weighted by molar-refractivity contribution is 0.101. The Kier molecular flexibility index (Phi) is 9.65. The molecule has 0 fully saturated rings. The summed E-state index contributed by atoms with van der Waals surface area (Å²) in [7, 11) is -7.70. The van der Waals surface area contributed by atoms with Gasteiger partial charge in [-0.05, 0) is 68.4 Å². The monoisotopic (exact) mass is 560 g/mol. The molecule has 1 aromatic heterocycles. The first-order valence-corrected chi connectivity index (χ1v) is 16.5. The molecule has 1 amide bonds. The normalized spacial score (nSPS) is 14.3. The van der Waals surface area contributed by atoms with Crippen LogP contribution < -0.4 is 9.03 Å². The predicted octanol–water partition coefficient (Wildman–Crippen LogP) is 5.99. The molecule has 0 saturated carbocycles. The van der Waals surface area contributed by atoms with Gasteiger partial charge in [-0.2, -0.15) is 0 Å². The van der Waals surface area contributed by atoms with Crippen LogP contribution in [0, 0.1) is 0 Å². The Labute approximate surface area is 218 Å². The van der Waals surface area contributed by atoms with Crippen LogP contribution in [0.5, 0.6) is 0 Å². The second kappa shape index (κ2) is 12.1. The van der Waals surface area contributed by atoms with Gasteiger partial charge in [0, 0.05) is 9.90 Å². The van der Waals surface area contributed by atoms with Crippen LogP contribution in [0.1, 0.15) is 79.6 Å². The standard InChI is InChI=1S/C24H33ClN2O5S3/c1-3-5-16-34(29,30)26-23-22(20-10-8-7-9-11-21(20)33-23)24(28)27(35(31,32)17-6-4-2)19-14-12-18(25)13-15-19/h12-15,26H,3-11,16-17H2,1-2H3. The molecule has 7 nitrogen and oxygen atoms in total. The van der Waals surface area contributed by atoms with E-state index in [1.807, 2.05) is 13.8 Å². The van der Waals surface area contributed by atoms with Crippen LogP contribution in [0.3, 0.4) is 0 Å². The van der Waals surface area contributed by atoms with E-state index < -0.39 is 26.0 Å². The van der Waals surface area contributed by atoms with E-state index in [1.54, 1.807) is 0 Å². The molecule has 1 heterocycles. The first-order chi connectivity index (χ1) is 16.6. The van der Waals surface area contributed by atoms with Crippen LogP contribution in [-0.2, 0) is 32.9 Å². The molecule has 0 unspecified atom stereocenters. The molecule has 2 aromatic rings. The molecule has 0 bridgehead atoms. The highest BCUT2D eigenvalue weighted by molar-refractivity contribution is 7.93. The number of sulfonamides is 2. The maximum Gasteiger partial charge on any atom is 0.275 e. The van der Waals surface area contributed by atoms with Crippen LogP contribution in [0.15, 0.2) is 24.3 Å². The fraction of sp³-hybridized carbons (Fsp3) is 0.542. The van der Waals surface area contributed by atoms with Crippen LogP contribution >= 0.6 is 22.9 Å². The summed E-state index contributed by atoms with van der Waals surface area (Å²) in [4.78, 5) is 15.0. The largest absolute Gasteiger partial charge is 0.275 e. The van der Waals surface area contributed by atoms with Crippen molar-refractivity contribution in [2.24, 2.45) is 0 Å². The van der Waals surface area contributed by atoms with E-state index >= 15 is 0 Å². The van der Waals surface area contributed by atoms with Crippen molar-refractivity contribution < 1.29 is 21.6 Å². The van der Waals surface area contributed by atoms with Gasteiger partial charge in [-0.3, -0.25) is 9.52 Å². The lowest BCUT2D eigenvalue weighted by Crippen LogP contribution is -2.39. The zero-order chi connectivity index (χ0) is 25.6. The number of unbranched alkanes of at least 4 members (excludes halogenated alkanes) is 2. The fourth-order valence-electron chi connectivity index (χ4n) is 4.07. The van der Waals surface area contributed by atoms with Crippen molar-refractivity contribution in [1.29, 1.82) is 0 Å².